The van der Waals surface area contributed by atoms with Crippen LogP contribution in [0, 0.1) is 13.8 Å². The van der Waals surface area contributed by atoms with E-state index in [1.54, 1.807) is 24.3 Å². The van der Waals surface area contributed by atoms with Gasteiger partial charge < -0.3 is 11.1 Å². The van der Waals surface area contributed by atoms with Crippen molar-refractivity contribution in [1.82, 2.24) is 0 Å². The van der Waals surface area contributed by atoms with E-state index in [0.29, 0.717) is 16.8 Å². The lowest BCUT2D eigenvalue weighted by atomic mass is 10.1. The van der Waals surface area contributed by atoms with E-state index in [4.69, 9.17) is 5.73 Å². The number of nitrogens with one attached hydrogen (secondary N) is 1. The Morgan fingerprint density at radius 2 is 1.76 bits per heavy atom. The highest BCUT2D eigenvalue weighted by Crippen LogP contribution is 2.20. The number of amides is 2. The van der Waals surface area contributed by atoms with Gasteiger partial charge >= 0.3 is 0 Å². The number of aryl methyl sites for hydroxylation is 2. The summed E-state index contributed by atoms with van der Waals surface area (Å²) in [7, 11) is 0. The standard InChI is InChI=1S/C16H15BrN2O2/c1-9-3-5-12(17)8-13(9)16(21)19-14-6-4-11(15(18)20)7-10(14)2/h3-8H,1-2H3,(H2,18,20)(H,19,21). The first-order chi connectivity index (χ1) is 9.88. The smallest absolute Gasteiger partial charge is 0.255 e. The van der Waals surface area contributed by atoms with Gasteiger partial charge in [-0.05, 0) is 55.3 Å². The maximum atomic E-state index is 12.3. The molecule has 4 nitrogen and oxygen atoms in total. The first-order valence-corrected chi connectivity index (χ1v) is 7.15. The lowest BCUT2D eigenvalue weighted by molar-refractivity contribution is 0.0998. The van der Waals surface area contributed by atoms with Crippen molar-refractivity contribution in [3.63, 3.8) is 0 Å². The van der Waals surface area contributed by atoms with Gasteiger partial charge in [-0.25, -0.2) is 0 Å². The molecule has 0 aromatic heterocycles. The average molecular weight is 347 g/mol. The van der Waals surface area contributed by atoms with Crippen LogP contribution < -0.4 is 11.1 Å². The Labute approximate surface area is 131 Å². The van der Waals surface area contributed by atoms with E-state index in [-0.39, 0.29) is 5.91 Å². The molecule has 0 aliphatic carbocycles. The maximum absolute atomic E-state index is 12.3. The molecule has 0 atom stereocenters. The second-order valence-electron chi connectivity index (χ2n) is 4.81. The minimum absolute atomic E-state index is 0.191. The van der Waals surface area contributed by atoms with Crippen LogP contribution in [0.5, 0.6) is 0 Å². The molecule has 0 heterocycles. The van der Waals surface area contributed by atoms with Crippen molar-refractivity contribution in [3.8, 4) is 0 Å². The Morgan fingerprint density at radius 1 is 1.05 bits per heavy atom. The van der Waals surface area contributed by atoms with Gasteiger partial charge in [-0.2, -0.15) is 0 Å². The second kappa shape index (κ2) is 6.10. The van der Waals surface area contributed by atoms with Crippen LogP contribution >= 0.6 is 15.9 Å². The van der Waals surface area contributed by atoms with E-state index in [1.807, 2.05) is 26.0 Å². The summed E-state index contributed by atoms with van der Waals surface area (Å²) < 4.78 is 0.846. The van der Waals surface area contributed by atoms with E-state index in [1.165, 1.54) is 0 Å². The second-order valence-corrected chi connectivity index (χ2v) is 5.72. The molecule has 0 aliphatic rings. The summed E-state index contributed by atoms with van der Waals surface area (Å²) in [6.07, 6.45) is 0. The summed E-state index contributed by atoms with van der Waals surface area (Å²) in [6.45, 7) is 3.69. The van der Waals surface area contributed by atoms with Gasteiger partial charge in [0.05, 0.1) is 0 Å². The number of primary amides is 1. The predicted molar refractivity (Wildman–Crippen MR) is 86.5 cm³/mol. The zero-order valence-corrected chi connectivity index (χ0v) is 13.3. The van der Waals surface area contributed by atoms with E-state index >= 15 is 0 Å². The Balaban J connectivity index is 2.27. The first kappa shape index (κ1) is 15.3. The summed E-state index contributed by atoms with van der Waals surface area (Å²) in [4.78, 5) is 23.5. The van der Waals surface area contributed by atoms with Crippen LogP contribution in [0.2, 0.25) is 0 Å². The molecule has 108 valence electrons. The van der Waals surface area contributed by atoms with Crippen molar-refractivity contribution in [3.05, 3.63) is 63.1 Å². The number of benzene rings is 2. The van der Waals surface area contributed by atoms with Gasteiger partial charge in [0.15, 0.2) is 0 Å². The lowest BCUT2D eigenvalue weighted by Crippen LogP contribution is -2.15. The normalized spacial score (nSPS) is 10.2. The number of rotatable bonds is 3. The molecule has 2 aromatic rings. The summed E-state index contributed by atoms with van der Waals surface area (Å²) in [6, 6.07) is 10.5. The number of halogens is 1. The average Bonchev–Trinajstić information content (AvgIpc) is 2.43. The van der Waals surface area contributed by atoms with Gasteiger partial charge in [0.2, 0.25) is 5.91 Å². The van der Waals surface area contributed by atoms with Gasteiger partial charge in [-0.1, -0.05) is 22.0 Å². The molecule has 5 heteroatoms. The monoisotopic (exact) mass is 346 g/mol. The van der Waals surface area contributed by atoms with E-state index in [2.05, 4.69) is 21.2 Å². The molecule has 0 fully saturated rings. The van der Waals surface area contributed by atoms with Crippen molar-refractivity contribution >= 4 is 33.4 Å². The van der Waals surface area contributed by atoms with Crippen LogP contribution in [0.1, 0.15) is 31.8 Å². The zero-order chi connectivity index (χ0) is 15.6. The lowest BCUT2D eigenvalue weighted by Gasteiger charge is -2.11. The molecule has 0 saturated carbocycles. The van der Waals surface area contributed by atoms with Gasteiger partial charge in [0.25, 0.3) is 5.91 Å². The summed E-state index contributed by atoms with van der Waals surface area (Å²) in [5.74, 6) is -0.678. The molecular formula is C16H15BrN2O2. The molecule has 2 aromatic carbocycles. The Kier molecular flexibility index (Phi) is 4.43. The number of hydrogen-bond donors (Lipinski definition) is 2. The maximum Gasteiger partial charge on any atom is 0.255 e. The fourth-order valence-corrected chi connectivity index (χ4v) is 2.35. The molecule has 0 spiro atoms. The molecule has 0 radical (unpaired) electrons. The Hall–Kier alpha value is -2.14. The molecule has 0 unspecified atom stereocenters. The zero-order valence-electron chi connectivity index (χ0n) is 11.7. The molecule has 2 rings (SSSR count). The third-order valence-electron chi connectivity index (χ3n) is 3.20. The molecule has 0 saturated heterocycles. The number of carbonyl (C=O) groups is 2. The summed E-state index contributed by atoms with van der Waals surface area (Å²) >= 11 is 3.36. The minimum Gasteiger partial charge on any atom is -0.366 e. The number of anilines is 1. The molecule has 2 amide bonds. The van der Waals surface area contributed by atoms with Crippen LogP contribution in [0.25, 0.3) is 0 Å². The Morgan fingerprint density at radius 3 is 2.38 bits per heavy atom. The van der Waals surface area contributed by atoms with Crippen LogP contribution in [0.15, 0.2) is 40.9 Å². The number of nitrogens with two attached hydrogens (primary N) is 1. The first-order valence-electron chi connectivity index (χ1n) is 6.36. The highest BCUT2D eigenvalue weighted by molar-refractivity contribution is 9.10. The van der Waals surface area contributed by atoms with Crippen molar-refractivity contribution in [1.29, 1.82) is 0 Å². The van der Waals surface area contributed by atoms with Gasteiger partial charge in [-0.3, -0.25) is 9.59 Å². The summed E-state index contributed by atoms with van der Waals surface area (Å²) in [5, 5.41) is 2.85. The predicted octanol–water partition coefficient (Wildman–Crippen LogP) is 3.42. The SMILES string of the molecule is Cc1cc(C(N)=O)ccc1NC(=O)c1cc(Br)ccc1C. The van der Waals surface area contributed by atoms with Crippen molar-refractivity contribution in [2.75, 3.05) is 5.32 Å². The highest BCUT2D eigenvalue weighted by atomic mass is 79.9. The van der Waals surface area contributed by atoms with Gasteiger partial charge in [-0.15, -0.1) is 0 Å². The quantitative estimate of drug-likeness (QED) is 0.893. The van der Waals surface area contributed by atoms with Crippen LogP contribution in [0.4, 0.5) is 5.69 Å². The number of hydrogen-bond acceptors (Lipinski definition) is 2. The fraction of sp³-hybridized carbons (Fsp3) is 0.125. The van der Waals surface area contributed by atoms with Crippen molar-refractivity contribution < 1.29 is 9.59 Å². The number of carbonyl (C=O) groups excluding carboxylic acids is 2. The van der Waals surface area contributed by atoms with Gasteiger partial charge in [0.1, 0.15) is 0 Å². The third kappa shape index (κ3) is 3.49. The molecule has 3 N–H and O–H groups in total. The van der Waals surface area contributed by atoms with Gasteiger partial charge in [0, 0.05) is 21.3 Å². The van der Waals surface area contributed by atoms with Crippen molar-refractivity contribution in [2.24, 2.45) is 5.73 Å². The topological polar surface area (TPSA) is 72.2 Å². The van der Waals surface area contributed by atoms with Crippen molar-refractivity contribution in [2.45, 2.75) is 13.8 Å². The van der Waals surface area contributed by atoms with E-state index in [9.17, 15) is 9.59 Å². The van der Waals surface area contributed by atoms with Crippen LogP contribution in [0.3, 0.4) is 0 Å². The van der Waals surface area contributed by atoms with E-state index in [0.717, 1.165) is 15.6 Å². The largest absolute Gasteiger partial charge is 0.366 e. The Bertz CT molecular complexity index is 726. The highest BCUT2D eigenvalue weighted by Gasteiger charge is 2.12. The molecular weight excluding hydrogens is 332 g/mol. The van der Waals surface area contributed by atoms with Crippen LogP contribution in [-0.2, 0) is 0 Å². The van der Waals surface area contributed by atoms with E-state index < -0.39 is 5.91 Å². The third-order valence-corrected chi connectivity index (χ3v) is 3.70. The molecule has 0 aliphatic heterocycles. The van der Waals surface area contributed by atoms with Crippen LogP contribution in [-0.4, -0.2) is 11.8 Å². The molecule has 0 bridgehead atoms. The minimum atomic E-state index is -0.487. The summed E-state index contributed by atoms with van der Waals surface area (Å²) in [5.41, 5.74) is 8.58. The molecule has 21 heavy (non-hydrogen) atoms. The fourth-order valence-electron chi connectivity index (χ4n) is 1.99.